The van der Waals surface area contributed by atoms with E-state index in [2.05, 4.69) is 9.97 Å². The fourth-order valence-electron chi connectivity index (χ4n) is 1.11. The van der Waals surface area contributed by atoms with Crippen molar-refractivity contribution in [3.63, 3.8) is 0 Å². The molecule has 2 heterocycles. The van der Waals surface area contributed by atoms with Crippen LogP contribution in [0.4, 0.5) is 0 Å². The van der Waals surface area contributed by atoms with Crippen LogP contribution >= 0.6 is 0 Å². The standard InChI is InChI=1S/C8H7N3O2/c1-5-9-4-6-7(10-5)2-3-11(13)8(6)12/h2-4,13H,1H3. The lowest BCUT2D eigenvalue weighted by atomic mass is 10.3. The highest BCUT2D eigenvalue weighted by atomic mass is 16.5. The molecule has 2 rings (SSSR count). The lowest BCUT2D eigenvalue weighted by molar-refractivity contribution is 0.176. The maximum atomic E-state index is 11.3. The maximum Gasteiger partial charge on any atom is 0.293 e. The molecule has 0 aliphatic rings. The highest BCUT2D eigenvalue weighted by Crippen LogP contribution is 2.03. The van der Waals surface area contributed by atoms with Crippen LogP contribution < -0.4 is 5.56 Å². The molecule has 0 amide bonds. The Hall–Kier alpha value is -1.91. The van der Waals surface area contributed by atoms with Crippen molar-refractivity contribution in [2.24, 2.45) is 0 Å². The van der Waals surface area contributed by atoms with Crippen LogP contribution in [-0.4, -0.2) is 19.9 Å². The van der Waals surface area contributed by atoms with E-state index >= 15 is 0 Å². The number of aromatic nitrogens is 3. The summed E-state index contributed by atoms with van der Waals surface area (Å²) in [6, 6.07) is 1.56. The van der Waals surface area contributed by atoms with Crippen LogP contribution in [0, 0.1) is 6.92 Å². The third-order valence-electron chi connectivity index (χ3n) is 1.75. The molecule has 0 radical (unpaired) electrons. The Bertz CT molecular complexity index is 518. The molecule has 5 nitrogen and oxygen atoms in total. The van der Waals surface area contributed by atoms with E-state index in [1.165, 1.54) is 12.4 Å². The van der Waals surface area contributed by atoms with Crippen LogP contribution in [0.3, 0.4) is 0 Å². The second kappa shape index (κ2) is 2.55. The first-order chi connectivity index (χ1) is 6.18. The van der Waals surface area contributed by atoms with Gasteiger partial charge < -0.3 is 5.21 Å². The predicted molar refractivity (Wildman–Crippen MR) is 45.7 cm³/mol. The van der Waals surface area contributed by atoms with Gasteiger partial charge in [0.05, 0.1) is 10.9 Å². The van der Waals surface area contributed by atoms with Gasteiger partial charge in [0.15, 0.2) is 0 Å². The number of hydrogen-bond acceptors (Lipinski definition) is 4. The molecule has 1 N–H and O–H groups in total. The molecule has 0 fully saturated rings. The van der Waals surface area contributed by atoms with Crippen molar-refractivity contribution in [3.05, 3.63) is 34.6 Å². The average Bonchev–Trinajstić information content (AvgIpc) is 2.12. The van der Waals surface area contributed by atoms with Crippen LogP contribution in [0.2, 0.25) is 0 Å². The fraction of sp³-hybridized carbons (Fsp3) is 0.125. The van der Waals surface area contributed by atoms with Gasteiger partial charge in [-0.05, 0) is 13.0 Å². The summed E-state index contributed by atoms with van der Waals surface area (Å²) < 4.78 is 0.515. The molecule has 13 heavy (non-hydrogen) atoms. The number of aryl methyl sites for hydroxylation is 1. The molecule has 66 valence electrons. The topological polar surface area (TPSA) is 68.0 Å². The highest BCUT2D eigenvalue weighted by molar-refractivity contribution is 5.75. The minimum atomic E-state index is -0.502. The van der Waals surface area contributed by atoms with Crippen molar-refractivity contribution < 1.29 is 5.21 Å². The number of rotatable bonds is 0. The van der Waals surface area contributed by atoms with Crippen LogP contribution in [0.1, 0.15) is 5.82 Å². The van der Waals surface area contributed by atoms with Crippen molar-refractivity contribution in [1.82, 2.24) is 14.7 Å². The van der Waals surface area contributed by atoms with Crippen LogP contribution in [0.15, 0.2) is 23.3 Å². The van der Waals surface area contributed by atoms with Gasteiger partial charge in [0.25, 0.3) is 5.56 Å². The summed E-state index contributed by atoms with van der Waals surface area (Å²) in [5, 5.41) is 9.35. The van der Waals surface area contributed by atoms with Crippen LogP contribution in [0.5, 0.6) is 0 Å². The fourth-order valence-corrected chi connectivity index (χ4v) is 1.11. The molecule has 0 aliphatic carbocycles. The summed E-state index contributed by atoms with van der Waals surface area (Å²) in [6.07, 6.45) is 2.67. The normalized spacial score (nSPS) is 10.5. The second-order valence-electron chi connectivity index (χ2n) is 2.68. The Morgan fingerprint density at radius 2 is 2.31 bits per heavy atom. The average molecular weight is 177 g/mol. The van der Waals surface area contributed by atoms with E-state index in [0.717, 1.165) is 0 Å². The van der Waals surface area contributed by atoms with Gasteiger partial charge in [-0.25, -0.2) is 9.97 Å². The molecule has 0 aromatic carbocycles. The van der Waals surface area contributed by atoms with Crippen LogP contribution in [0.25, 0.3) is 10.9 Å². The summed E-state index contributed by atoms with van der Waals surface area (Å²) in [4.78, 5) is 19.2. The molecule has 0 bridgehead atoms. The zero-order valence-electron chi connectivity index (χ0n) is 6.93. The van der Waals surface area contributed by atoms with Gasteiger partial charge in [-0.15, -0.1) is 0 Å². The number of fused-ring (bicyclic) bond motifs is 1. The minimum Gasteiger partial charge on any atom is -0.425 e. The smallest absolute Gasteiger partial charge is 0.293 e. The van der Waals surface area contributed by atoms with Gasteiger partial charge >= 0.3 is 0 Å². The zero-order valence-corrected chi connectivity index (χ0v) is 6.93. The molecule has 2 aromatic heterocycles. The van der Waals surface area contributed by atoms with Gasteiger partial charge in [0.1, 0.15) is 5.82 Å². The van der Waals surface area contributed by atoms with Gasteiger partial charge in [-0.2, -0.15) is 4.73 Å². The van der Waals surface area contributed by atoms with Crippen molar-refractivity contribution in [2.75, 3.05) is 0 Å². The van der Waals surface area contributed by atoms with Gasteiger partial charge in [-0.1, -0.05) is 0 Å². The summed E-state index contributed by atoms with van der Waals surface area (Å²) in [5.41, 5.74) is 0.0419. The van der Waals surface area contributed by atoms with E-state index in [9.17, 15) is 4.79 Å². The van der Waals surface area contributed by atoms with E-state index < -0.39 is 5.56 Å². The summed E-state index contributed by atoms with van der Waals surface area (Å²) in [7, 11) is 0. The van der Waals surface area contributed by atoms with Gasteiger partial charge in [0, 0.05) is 12.4 Å². The zero-order chi connectivity index (χ0) is 9.42. The number of pyridine rings is 1. The molecule has 0 saturated carbocycles. The molecule has 0 atom stereocenters. The summed E-state index contributed by atoms with van der Waals surface area (Å²) >= 11 is 0. The largest absolute Gasteiger partial charge is 0.425 e. The summed E-state index contributed by atoms with van der Waals surface area (Å²) in [5.74, 6) is 0.600. The van der Waals surface area contributed by atoms with E-state index in [0.29, 0.717) is 21.5 Å². The Labute approximate surface area is 73.3 Å². The van der Waals surface area contributed by atoms with Crippen LogP contribution in [-0.2, 0) is 0 Å². The molecular weight excluding hydrogens is 170 g/mol. The van der Waals surface area contributed by atoms with Crippen molar-refractivity contribution in [3.8, 4) is 0 Å². The highest BCUT2D eigenvalue weighted by Gasteiger charge is 2.02. The molecule has 5 heteroatoms. The van der Waals surface area contributed by atoms with E-state index in [-0.39, 0.29) is 0 Å². The van der Waals surface area contributed by atoms with E-state index in [4.69, 9.17) is 5.21 Å². The first-order valence-electron chi connectivity index (χ1n) is 3.73. The number of hydrogen-bond donors (Lipinski definition) is 1. The van der Waals surface area contributed by atoms with Gasteiger partial charge in [-0.3, -0.25) is 4.79 Å². The Morgan fingerprint density at radius 3 is 3.08 bits per heavy atom. The van der Waals surface area contributed by atoms with Crippen molar-refractivity contribution in [1.29, 1.82) is 0 Å². The lowest BCUT2D eigenvalue weighted by Gasteiger charge is -1.98. The van der Waals surface area contributed by atoms with E-state index in [1.54, 1.807) is 13.0 Å². The van der Waals surface area contributed by atoms with Gasteiger partial charge in [0.2, 0.25) is 0 Å². The Balaban J connectivity index is 2.95. The molecule has 0 unspecified atom stereocenters. The molecular formula is C8H7N3O2. The first kappa shape index (κ1) is 7.72. The lowest BCUT2D eigenvalue weighted by Crippen LogP contribution is -2.17. The predicted octanol–water partition coefficient (Wildman–Crippen LogP) is 0.337. The summed E-state index contributed by atoms with van der Waals surface area (Å²) in [6.45, 7) is 1.74. The SMILES string of the molecule is Cc1ncc2c(=O)n(O)ccc2n1. The molecule has 0 spiro atoms. The third-order valence-corrected chi connectivity index (χ3v) is 1.75. The van der Waals surface area contributed by atoms with Crippen molar-refractivity contribution >= 4 is 10.9 Å². The quantitative estimate of drug-likeness (QED) is 0.589. The second-order valence-corrected chi connectivity index (χ2v) is 2.68. The molecule has 2 aromatic rings. The molecule has 0 aliphatic heterocycles. The third kappa shape index (κ3) is 1.14. The minimum absolute atomic E-state index is 0.315. The maximum absolute atomic E-state index is 11.3. The van der Waals surface area contributed by atoms with E-state index in [1.807, 2.05) is 0 Å². The first-order valence-corrected chi connectivity index (χ1v) is 3.73. The molecule has 0 saturated heterocycles. The van der Waals surface area contributed by atoms with Crippen molar-refractivity contribution in [2.45, 2.75) is 6.92 Å². The monoisotopic (exact) mass is 177 g/mol. The Morgan fingerprint density at radius 1 is 1.54 bits per heavy atom. The number of nitrogens with zero attached hydrogens (tertiary/aromatic N) is 3. The Kier molecular flexibility index (Phi) is 1.51.